The Balaban J connectivity index is 1.97. The number of rotatable bonds is 6. The average molecular weight is 307 g/mol. The van der Waals surface area contributed by atoms with Gasteiger partial charge in [-0.05, 0) is 37.8 Å². The fourth-order valence-electron chi connectivity index (χ4n) is 3.11. The quantitative estimate of drug-likeness (QED) is 0.818. The van der Waals surface area contributed by atoms with Crippen LogP contribution in [0.2, 0.25) is 0 Å². The van der Waals surface area contributed by atoms with Gasteiger partial charge < -0.3 is 10.1 Å². The first-order valence-electron chi connectivity index (χ1n) is 7.69. The maximum absolute atomic E-state index is 12.2. The molecule has 1 aromatic carbocycles. The lowest BCUT2D eigenvalue weighted by Crippen LogP contribution is -2.56. The molecule has 116 valence electrons. The van der Waals surface area contributed by atoms with Gasteiger partial charge in [0.1, 0.15) is 5.54 Å². The van der Waals surface area contributed by atoms with Crippen LogP contribution in [0.15, 0.2) is 30.3 Å². The Hall–Kier alpha value is -1.00. The topological polar surface area (TPSA) is 38.3 Å². The van der Waals surface area contributed by atoms with Crippen LogP contribution in [0.1, 0.15) is 38.2 Å². The van der Waals surface area contributed by atoms with E-state index in [-0.39, 0.29) is 5.97 Å². The zero-order chi connectivity index (χ0) is 15.1. The van der Waals surface area contributed by atoms with Gasteiger partial charge in [-0.3, -0.25) is 4.79 Å². The molecule has 4 heteroatoms. The van der Waals surface area contributed by atoms with Gasteiger partial charge >= 0.3 is 5.97 Å². The molecule has 0 aliphatic heterocycles. The molecule has 0 saturated heterocycles. The monoisotopic (exact) mass is 307 g/mol. The van der Waals surface area contributed by atoms with Crippen LogP contribution in [0, 0.1) is 0 Å². The molecule has 0 heterocycles. The minimum absolute atomic E-state index is 0.102. The van der Waals surface area contributed by atoms with Gasteiger partial charge in [0.2, 0.25) is 0 Å². The lowest BCUT2D eigenvalue weighted by molar-refractivity contribution is -0.150. The predicted octanol–water partition coefficient (Wildman–Crippen LogP) is 3.38. The Labute approximate surface area is 131 Å². The largest absolute Gasteiger partial charge is 0.468 e. The molecule has 1 aliphatic rings. The molecule has 21 heavy (non-hydrogen) atoms. The smallest absolute Gasteiger partial charge is 0.326 e. The summed E-state index contributed by atoms with van der Waals surface area (Å²) < 4.78 is 5.05. The molecule has 3 nitrogen and oxygen atoms in total. The molecular formula is C17H25NO2S. The molecule has 2 atom stereocenters. The Morgan fingerprint density at radius 1 is 1.43 bits per heavy atom. The van der Waals surface area contributed by atoms with Gasteiger partial charge in [0.25, 0.3) is 0 Å². The third kappa shape index (κ3) is 4.24. The van der Waals surface area contributed by atoms with E-state index in [9.17, 15) is 4.79 Å². The van der Waals surface area contributed by atoms with Crippen LogP contribution in [-0.4, -0.2) is 30.4 Å². The van der Waals surface area contributed by atoms with Gasteiger partial charge in [0.05, 0.1) is 7.11 Å². The Kier molecular flexibility index (Phi) is 6.12. The SMILES string of the molecule is CCNC1(C(=O)OC)CCCC(SCc2ccccc2)C1. The van der Waals surface area contributed by atoms with E-state index in [1.165, 1.54) is 19.1 Å². The van der Waals surface area contributed by atoms with Gasteiger partial charge in [-0.25, -0.2) is 0 Å². The lowest BCUT2D eigenvalue weighted by Gasteiger charge is -2.39. The number of esters is 1. The predicted molar refractivity (Wildman–Crippen MR) is 88.4 cm³/mol. The first kappa shape index (κ1) is 16.4. The van der Waals surface area contributed by atoms with Crippen molar-refractivity contribution in [2.24, 2.45) is 0 Å². The van der Waals surface area contributed by atoms with Gasteiger partial charge in [0, 0.05) is 11.0 Å². The molecule has 2 rings (SSSR count). The van der Waals surface area contributed by atoms with Gasteiger partial charge in [-0.1, -0.05) is 37.3 Å². The van der Waals surface area contributed by atoms with E-state index in [0.29, 0.717) is 5.25 Å². The van der Waals surface area contributed by atoms with Crippen LogP contribution < -0.4 is 5.32 Å². The number of carbonyl (C=O) groups excluding carboxylic acids is 1. The van der Waals surface area contributed by atoms with Crippen molar-refractivity contribution in [1.82, 2.24) is 5.32 Å². The molecule has 0 radical (unpaired) electrons. The number of thioether (sulfide) groups is 1. The highest BCUT2D eigenvalue weighted by molar-refractivity contribution is 7.99. The fraction of sp³-hybridized carbons (Fsp3) is 0.588. The van der Waals surface area contributed by atoms with Crippen molar-refractivity contribution in [3.63, 3.8) is 0 Å². The molecule has 1 N–H and O–H groups in total. The first-order valence-corrected chi connectivity index (χ1v) is 8.74. The molecular weight excluding hydrogens is 282 g/mol. The molecule has 1 saturated carbocycles. The maximum atomic E-state index is 12.2. The highest BCUT2D eigenvalue weighted by Gasteiger charge is 2.43. The molecule has 1 aromatic rings. The third-order valence-corrected chi connectivity index (χ3v) is 5.50. The van der Waals surface area contributed by atoms with Gasteiger partial charge in [-0.15, -0.1) is 0 Å². The molecule has 2 unspecified atom stereocenters. The van der Waals surface area contributed by atoms with Crippen molar-refractivity contribution in [1.29, 1.82) is 0 Å². The normalized spacial score (nSPS) is 25.5. The van der Waals surface area contributed by atoms with Crippen molar-refractivity contribution in [3.05, 3.63) is 35.9 Å². The molecule has 0 amide bonds. The van der Waals surface area contributed by atoms with Crippen molar-refractivity contribution in [2.75, 3.05) is 13.7 Å². The Morgan fingerprint density at radius 3 is 2.86 bits per heavy atom. The zero-order valence-electron chi connectivity index (χ0n) is 12.9. The van der Waals surface area contributed by atoms with E-state index in [4.69, 9.17) is 4.74 Å². The molecule has 1 aliphatic carbocycles. The summed E-state index contributed by atoms with van der Waals surface area (Å²) >= 11 is 1.96. The van der Waals surface area contributed by atoms with Gasteiger partial charge in [0.15, 0.2) is 0 Å². The number of hydrogen-bond acceptors (Lipinski definition) is 4. The summed E-state index contributed by atoms with van der Waals surface area (Å²) in [6, 6.07) is 10.5. The van der Waals surface area contributed by atoms with E-state index < -0.39 is 5.54 Å². The van der Waals surface area contributed by atoms with E-state index in [1.54, 1.807) is 0 Å². The summed E-state index contributed by atoms with van der Waals surface area (Å²) in [4.78, 5) is 12.2. The van der Waals surface area contributed by atoms with Crippen LogP contribution in [-0.2, 0) is 15.3 Å². The summed E-state index contributed by atoms with van der Waals surface area (Å²) in [5, 5.41) is 3.90. The highest BCUT2D eigenvalue weighted by Crippen LogP contribution is 2.37. The first-order chi connectivity index (χ1) is 10.2. The van der Waals surface area contributed by atoms with Crippen molar-refractivity contribution >= 4 is 17.7 Å². The minimum Gasteiger partial charge on any atom is -0.468 e. The summed E-state index contributed by atoms with van der Waals surface area (Å²) in [7, 11) is 1.49. The number of methoxy groups -OCH3 is 1. The second-order valence-corrected chi connectivity index (χ2v) is 6.91. The number of likely N-dealkylation sites (N-methyl/N-ethyl adjacent to an activating group) is 1. The minimum atomic E-state index is -0.476. The van der Waals surface area contributed by atoms with E-state index in [0.717, 1.165) is 31.6 Å². The summed E-state index contributed by atoms with van der Waals surface area (Å²) in [5.74, 6) is 0.906. The van der Waals surface area contributed by atoms with E-state index in [1.807, 2.05) is 24.8 Å². The van der Waals surface area contributed by atoms with Crippen molar-refractivity contribution in [2.45, 2.75) is 49.1 Å². The molecule has 0 spiro atoms. The Morgan fingerprint density at radius 2 is 2.19 bits per heavy atom. The fourth-order valence-corrected chi connectivity index (χ4v) is 4.46. The maximum Gasteiger partial charge on any atom is 0.326 e. The number of hydrogen-bond donors (Lipinski definition) is 1. The number of carbonyl (C=O) groups is 1. The van der Waals surface area contributed by atoms with Crippen LogP contribution in [0.4, 0.5) is 0 Å². The van der Waals surface area contributed by atoms with Crippen molar-refractivity contribution in [3.8, 4) is 0 Å². The summed E-state index contributed by atoms with van der Waals surface area (Å²) in [6.45, 7) is 2.84. The molecule has 0 aromatic heterocycles. The lowest BCUT2D eigenvalue weighted by atomic mass is 9.81. The summed E-state index contributed by atoms with van der Waals surface area (Å²) in [5.41, 5.74) is 0.871. The molecule has 1 fully saturated rings. The molecule has 0 bridgehead atoms. The van der Waals surface area contributed by atoms with Gasteiger partial charge in [-0.2, -0.15) is 11.8 Å². The van der Waals surface area contributed by atoms with E-state index in [2.05, 4.69) is 29.6 Å². The van der Waals surface area contributed by atoms with Crippen LogP contribution in [0.25, 0.3) is 0 Å². The number of ether oxygens (including phenoxy) is 1. The van der Waals surface area contributed by atoms with Crippen LogP contribution in [0.3, 0.4) is 0 Å². The average Bonchev–Trinajstić information content (AvgIpc) is 2.54. The highest BCUT2D eigenvalue weighted by atomic mass is 32.2. The van der Waals surface area contributed by atoms with E-state index >= 15 is 0 Å². The third-order valence-electron chi connectivity index (χ3n) is 4.13. The number of nitrogens with one attached hydrogen (secondary N) is 1. The van der Waals surface area contributed by atoms with Crippen molar-refractivity contribution < 1.29 is 9.53 Å². The summed E-state index contributed by atoms with van der Waals surface area (Å²) in [6.07, 6.45) is 4.01. The zero-order valence-corrected chi connectivity index (χ0v) is 13.7. The van der Waals surface area contributed by atoms with Crippen LogP contribution in [0.5, 0.6) is 0 Å². The number of benzene rings is 1. The second kappa shape index (κ2) is 7.85. The second-order valence-electron chi connectivity index (χ2n) is 5.62. The Bertz CT molecular complexity index is 447. The van der Waals surface area contributed by atoms with Crippen LogP contribution >= 0.6 is 11.8 Å². The standard InChI is InChI=1S/C17H25NO2S/c1-3-18-17(16(19)20-2)11-7-10-15(12-17)21-13-14-8-5-4-6-9-14/h4-6,8-9,15,18H,3,7,10-13H2,1-2H3.